The van der Waals surface area contributed by atoms with Gasteiger partial charge in [0.1, 0.15) is 5.82 Å². The van der Waals surface area contributed by atoms with E-state index in [0.717, 1.165) is 6.20 Å². The molecule has 0 bridgehead atoms. The topological polar surface area (TPSA) is 43.8 Å². The maximum atomic E-state index is 11.6. The Labute approximate surface area is 50.1 Å². The number of hydrogen-bond donors (Lipinski definition) is 1. The Morgan fingerprint density at radius 3 is 2.56 bits per heavy atom. The van der Waals surface area contributed by atoms with Gasteiger partial charge in [-0.05, 0) is 0 Å². The fourth-order valence-electron chi connectivity index (χ4n) is 0.461. The summed E-state index contributed by atoms with van der Waals surface area (Å²) in [6.45, 7) is -2.60. The van der Waals surface area contributed by atoms with Crippen molar-refractivity contribution in [3.05, 3.63) is 12.3 Å². The van der Waals surface area contributed by atoms with Crippen LogP contribution in [0.1, 0.15) is 6.55 Å². The summed E-state index contributed by atoms with van der Waals surface area (Å²) in [5.41, 5.74) is 5.05. The highest BCUT2D eigenvalue weighted by molar-refractivity contribution is 5.23. The smallest absolute Gasteiger partial charge is 0.333 e. The molecule has 0 radical (unpaired) electrons. The largest absolute Gasteiger partial charge is 0.382 e. The van der Waals surface area contributed by atoms with Gasteiger partial charge in [-0.3, -0.25) is 0 Å². The summed E-state index contributed by atoms with van der Waals surface area (Å²) >= 11 is 0. The zero-order valence-electron chi connectivity index (χ0n) is 4.46. The number of halogens is 2. The van der Waals surface area contributed by atoms with Gasteiger partial charge in [0, 0.05) is 12.3 Å². The zero-order valence-corrected chi connectivity index (χ0v) is 4.46. The number of alkyl halides is 2. The maximum absolute atomic E-state index is 11.6. The molecule has 0 aliphatic heterocycles. The summed E-state index contributed by atoms with van der Waals surface area (Å²) in [6, 6.07) is 1.31. The lowest BCUT2D eigenvalue weighted by molar-refractivity contribution is 0.0569. The number of nitrogens with two attached hydrogens (primary N) is 1. The molecular weight excluding hydrogens is 128 g/mol. The normalized spacial score (nSPS) is 10.6. The number of hydrogen-bond acceptors (Lipinski definition) is 2. The number of aromatic nitrogens is 2. The van der Waals surface area contributed by atoms with Crippen molar-refractivity contribution in [3.63, 3.8) is 0 Å². The van der Waals surface area contributed by atoms with E-state index in [1.165, 1.54) is 6.07 Å². The molecule has 2 N–H and O–H groups in total. The van der Waals surface area contributed by atoms with E-state index in [0.29, 0.717) is 4.68 Å². The fraction of sp³-hybridized carbons (Fsp3) is 0.250. The third-order valence-corrected chi connectivity index (χ3v) is 0.829. The molecule has 1 aromatic heterocycles. The Kier molecular flexibility index (Phi) is 1.33. The molecule has 9 heavy (non-hydrogen) atoms. The van der Waals surface area contributed by atoms with Crippen LogP contribution in [0.15, 0.2) is 12.3 Å². The first-order valence-electron chi connectivity index (χ1n) is 2.29. The molecule has 0 aliphatic carbocycles. The van der Waals surface area contributed by atoms with E-state index >= 15 is 0 Å². The van der Waals surface area contributed by atoms with E-state index in [4.69, 9.17) is 5.73 Å². The number of rotatable bonds is 1. The van der Waals surface area contributed by atoms with Crippen LogP contribution in [0, 0.1) is 0 Å². The summed E-state index contributed by atoms with van der Waals surface area (Å²) < 4.78 is 23.7. The van der Waals surface area contributed by atoms with Gasteiger partial charge in [-0.1, -0.05) is 0 Å². The van der Waals surface area contributed by atoms with Crippen LogP contribution in [-0.2, 0) is 0 Å². The predicted molar refractivity (Wildman–Crippen MR) is 27.9 cm³/mol. The lowest BCUT2D eigenvalue weighted by atomic mass is 10.7. The molecule has 0 spiro atoms. The van der Waals surface area contributed by atoms with E-state index in [9.17, 15) is 8.78 Å². The molecule has 0 amide bonds. The van der Waals surface area contributed by atoms with Crippen molar-refractivity contribution in [1.29, 1.82) is 0 Å². The van der Waals surface area contributed by atoms with E-state index in [1.54, 1.807) is 0 Å². The Balaban J connectivity index is 2.85. The first kappa shape index (κ1) is 6.00. The van der Waals surface area contributed by atoms with Crippen molar-refractivity contribution in [3.8, 4) is 0 Å². The van der Waals surface area contributed by atoms with Gasteiger partial charge in [-0.25, -0.2) is 4.68 Å². The highest BCUT2D eigenvalue weighted by Gasteiger charge is 2.04. The quantitative estimate of drug-likeness (QED) is 0.617. The van der Waals surface area contributed by atoms with Gasteiger partial charge in [0.2, 0.25) is 0 Å². The second-order valence-corrected chi connectivity index (χ2v) is 1.50. The second kappa shape index (κ2) is 2.00. The molecule has 0 fully saturated rings. The van der Waals surface area contributed by atoms with E-state index in [-0.39, 0.29) is 5.82 Å². The molecule has 0 aromatic carbocycles. The zero-order chi connectivity index (χ0) is 6.85. The molecule has 0 unspecified atom stereocenters. The van der Waals surface area contributed by atoms with Crippen molar-refractivity contribution < 1.29 is 8.78 Å². The molecule has 0 saturated carbocycles. The van der Waals surface area contributed by atoms with Crippen molar-refractivity contribution in [2.75, 3.05) is 5.73 Å². The fourth-order valence-corrected chi connectivity index (χ4v) is 0.461. The minimum Gasteiger partial charge on any atom is -0.382 e. The highest BCUT2D eigenvalue weighted by Crippen LogP contribution is 2.08. The standard InChI is InChI=1S/C4H5F2N3/c5-4(6)9-2-1-3(7)8-9/h1-2,4H,(H2,7,8). The third kappa shape index (κ3) is 1.16. The number of nitrogens with zero attached hydrogens (tertiary/aromatic N) is 2. The van der Waals surface area contributed by atoms with Crippen molar-refractivity contribution in [2.45, 2.75) is 6.55 Å². The Bertz CT molecular complexity index is 195. The van der Waals surface area contributed by atoms with Gasteiger partial charge in [0.25, 0.3) is 0 Å². The Hall–Kier alpha value is -1.13. The van der Waals surface area contributed by atoms with Gasteiger partial charge in [-0.15, -0.1) is 0 Å². The van der Waals surface area contributed by atoms with Crippen molar-refractivity contribution in [1.82, 2.24) is 9.78 Å². The van der Waals surface area contributed by atoms with Crippen LogP contribution in [0.5, 0.6) is 0 Å². The summed E-state index contributed by atoms with van der Waals surface area (Å²) in [4.78, 5) is 0. The number of nitrogen functional groups attached to an aromatic ring is 1. The minimum atomic E-state index is -2.60. The molecule has 1 aromatic rings. The molecule has 0 atom stereocenters. The van der Waals surface area contributed by atoms with Crippen LogP contribution in [-0.4, -0.2) is 9.78 Å². The monoisotopic (exact) mass is 133 g/mol. The third-order valence-electron chi connectivity index (χ3n) is 0.829. The Morgan fingerprint density at radius 2 is 2.33 bits per heavy atom. The van der Waals surface area contributed by atoms with Crippen molar-refractivity contribution >= 4 is 5.82 Å². The lowest BCUT2D eigenvalue weighted by Gasteiger charge is -1.94. The van der Waals surface area contributed by atoms with Gasteiger partial charge < -0.3 is 5.73 Å². The molecule has 3 nitrogen and oxygen atoms in total. The summed E-state index contributed by atoms with van der Waals surface area (Å²) in [5, 5.41) is 3.25. The van der Waals surface area contributed by atoms with Crippen LogP contribution >= 0.6 is 0 Å². The van der Waals surface area contributed by atoms with Gasteiger partial charge in [-0.2, -0.15) is 13.9 Å². The molecule has 0 saturated heterocycles. The summed E-state index contributed by atoms with van der Waals surface area (Å²) in [7, 11) is 0. The first-order valence-corrected chi connectivity index (χ1v) is 2.29. The molecule has 50 valence electrons. The molecule has 0 aliphatic rings. The second-order valence-electron chi connectivity index (χ2n) is 1.50. The minimum absolute atomic E-state index is 0.107. The highest BCUT2D eigenvalue weighted by atomic mass is 19.3. The van der Waals surface area contributed by atoms with Crippen molar-refractivity contribution in [2.24, 2.45) is 0 Å². The van der Waals surface area contributed by atoms with Gasteiger partial charge >= 0.3 is 6.55 Å². The van der Waals surface area contributed by atoms with Gasteiger partial charge in [0.15, 0.2) is 0 Å². The molecule has 5 heteroatoms. The average Bonchev–Trinajstić information content (AvgIpc) is 2.14. The first-order chi connectivity index (χ1) is 4.20. The maximum Gasteiger partial charge on any atom is 0.333 e. The van der Waals surface area contributed by atoms with Gasteiger partial charge in [0.05, 0.1) is 0 Å². The van der Waals surface area contributed by atoms with Crippen LogP contribution in [0.4, 0.5) is 14.6 Å². The average molecular weight is 133 g/mol. The molecule has 1 heterocycles. The lowest BCUT2D eigenvalue weighted by Crippen LogP contribution is -1.98. The SMILES string of the molecule is Nc1ccn(C(F)F)n1. The van der Waals surface area contributed by atoms with Crippen LogP contribution < -0.4 is 5.73 Å². The van der Waals surface area contributed by atoms with Crippen LogP contribution in [0.3, 0.4) is 0 Å². The number of anilines is 1. The molecular formula is C4H5F2N3. The van der Waals surface area contributed by atoms with E-state index in [2.05, 4.69) is 5.10 Å². The van der Waals surface area contributed by atoms with Crippen LogP contribution in [0.25, 0.3) is 0 Å². The van der Waals surface area contributed by atoms with E-state index < -0.39 is 6.55 Å². The summed E-state index contributed by atoms with van der Waals surface area (Å²) in [5.74, 6) is 0.107. The molecule has 1 rings (SSSR count). The Morgan fingerprint density at radius 1 is 1.67 bits per heavy atom. The van der Waals surface area contributed by atoms with Crippen LogP contribution in [0.2, 0.25) is 0 Å². The summed E-state index contributed by atoms with van der Waals surface area (Å²) in [6.07, 6.45) is 1.12. The van der Waals surface area contributed by atoms with E-state index in [1.807, 2.05) is 0 Å². The predicted octanol–water partition coefficient (Wildman–Crippen LogP) is 0.860.